The van der Waals surface area contributed by atoms with E-state index in [0.29, 0.717) is 30.0 Å². The summed E-state index contributed by atoms with van der Waals surface area (Å²) in [6.45, 7) is 12.2. The number of hydrogen-bond donors (Lipinski definition) is 1. The summed E-state index contributed by atoms with van der Waals surface area (Å²) in [5, 5.41) is 8.94. The molecule has 1 aliphatic rings. The van der Waals surface area contributed by atoms with Crippen LogP contribution < -0.4 is 19.0 Å². The van der Waals surface area contributed by atoms with E-state index in [9.17, 15) is 8.42 Å². The van der Waals surface area contributed by atoms with Crippen molar-refractivity contribution in [3.05, 3.63) is 161 Å². The van der Waals surface area contributed by atoms with Gasteiger partial charge in [0.25, 0.3) is 0 Å². The van der Waals surface area contributed by atoms with Crippen molar-refractivity contribution in [3.63, 3.8) is 0 Å². The fourth-order valence-corrected chi connectivity index (χ4v) is 11.5. The Labute approximate surface area is 335 Å². The third-order valence-corrected chi connectivity index (χ3v) is 16.8. The number of nitrogens with zero attached hydrogens (tertiary/aromatic N) is 3. The number of hydrogen-bond acceptors (Lipinski definition) is 6. The van der Waals surface area contributed by atoms with E-state index in [1.165, 1.54) is 21.7 Å². The topological polar surface area (TPSA) is 80.2 Å². The van der Waals surface area contributed by atoms with Crippen molar-refractivity contribution >= 4 is 35.4 Å². The van der Waals surface area contributed by atoms with Crippen molar-refractivity contribution < 1.29 is 17.6 Å². The summed E-state index contributed by atoms with van der Waals surface area (Å²) in [6.07, 6.45) is 1.02. The highest BCUT2D eigenvalue weighted by atomic mass is 32.2. The molecule has 0 aliphatic carbocycles. The first kappa shape index (κ1) is 41.1. The molecule has 10 heteroatoms. The maximum Gasteiger partial charge on any atom is 0.232 e. The van der Waals surface area contributed by atoms with Crippen LogP contribution in [0.5, 0.6) is 5.75 Å². The van der Waals surface area contributed by atoms with E-state index in [1.54, 1.807) is 0 Å². The van der Waals surface area contributed by atoms with Crippen LogP contribution in [0.1, 0.15) is 61.6 Å². The fraction of sp³-hybridized carbons (Fsp3) is 0.326. The minimum atomic E-state index is -3.54. The van der Waals surface area contributed by atoms with Crippen LogP contribution in [0.25, 0.3) is 0 Å². The van der Waals surface area contributed by atoms with E-state index in [1.807, 2.05) is 54.6 Å². The predicted octanol–water partition coefficient (Wildman–Crippen LogP) is 9.83. The lowest BCUT2D eigenvalue weighted by atomic mass is 10.1. The van der Waals surface area contributed by atoms with Gasteiger partial charge < -0.3 is 14.5 Å². The number of ether oxygens (including phenoxy) is 1. The Morgan fingerprint density at radius 3 is 1.91 bits per heavy atom. The van der Waals surface area contributed by atoms with E-state index in [0.717, 1.165) is 65.1 Å². The highest BCUT2D eigenvalue weighted by molar-refractivity contribution is 7.92. The number of nitrogens with one attached hydrogen (secondary N) is 1. The standard InChI is InChI=1S/C46H57N4O4SSi/c1-6-56(7-2,8-3)54-46(41-25-18-26-42(31-41)49(55(5,51)52)34-38-19-12-9-13-20-38)33-47-29-30-53-43-27-28-44-37(4)48-50(45(44)32-43,35-39-21-14-10-15-22-39)36-40-23-16-11-17-24-40/h9-28,31-32,46-47H,6-8,29-30,33-36H2,1-5H3/q+1/t46-/m0/s1. The number of benzene rings is 5. The van der Waals surface area contributed by atoms with Gasteiger partial charge in [-0.25, -0.2) is 8.42 Å². The van der Waals surface area contributed by atoms with Gasteiger partial charge in [-0.3, -0.25) is 4.31 Å². The van der Waals surface area contributed by atoms with Gasteiger partial charge in [-0.05, 0) is 60.4 Å². The number of rotatable bonds is 20. The predicted molar refractivity (Wildman–Crippen MR) is 234 cm³/mol. The second-order valence-corrected chi connectivity index (χ2v) is 21.5. The summed E-state index contributed by atoms with van der Waals surface area (Å²) in [4.78, 5) is 0. The lowest BCUT2D eigenvalue weighted by Gasteiger charge is -2.34. The summed E-state index contributed by atoms with van der Waals surface area (Å²) in [5.74, 6) is 0.813. The Balaban J connectivity index is 1.18. The molecule has 0 saturated carbocycles. The molecular weight excluding hydrogens is 733 g/mol. The van der Waals surface area contributed by atoms with Gasteiger partial charge in [-0.15, -0.1) is 0 Å². The molecule has 0 aromatic heterocycles. The SMILES string of the molecule is CC[Si](CC)(CC)O[C@@H](CNCCOc1ccc2c(c1)[N+](Cc1ccccc1)(Cc1ccccc1)N=C2C)c1cccc(N(Cc2ccccc2)S(C)(=O)=O)c1. The number of fused-ring (bicyclic) bond motifs is 1. The molecule has 5 aromatic carbocycles. The average Bonchev–Trinajstić information content (AvgIpc) is 3.48. The first-order chi connectivity index (χ1) is 27.1. The molecule has 1 atom stereocenters. The zero-order valence-electron chi connectivity index (χ0n) is 33.5. The highest BCUT2D eigenvalue weighted by Gasteiger charge is 2.41. The molecule has 0 bridgehead atoms. The fourth-order valence-electron chi connectivity index (χ4n) is 7.75. The zero-order valence-corrected chi connectivity index (χ0v) is 35.3. The second kappa shape index (κ2) is 18.6. The average molecular weight is 790 g/mol. The molecule has 0 unspecified atom stereocenters. The summed E-state index contributed by atoms with van der Waals surface area (Å²) in [7, 11) is -5.57. The second-order valence-electron chi connectivity index (χ2n) is 14.8. The van der Waals surface area contributed by atoms with E-state index in [-0.39, 0.29) is 12.6 Å². The first-order valence-electron chi connectivity index (χ1n) is 19.9. The van der Waals surface area contributed by atoms with Crippen molar-refractivity contribution in [2.75, 3.05) is 30.3 Å². The lowest BCUT2D eigenvalue weighted by molar-refractivity contribution is 0.183. The minimum absolute atomic E-state index is 0.242. The molecule has 6 rings (SSSR count). The number of sulfonamides is 1. The van der Waals surface area contributed by atoms with Crippen LogP contribution in [-0.4, -0.2) is 48.4 Å². The third kappa shape index (κ3) is 10.0. The van der Waals surface area contributed by atoms with Gasteiger partial charge in [-0.1, -0.05) is 129 Å². The smallest absolute Gasteiger partial charge is 0.232 e. The maximum atomic E-state index is 13.1. The Bertz CT molecular complexity index is 2110. The number of quaternary nitrogens is 1. The molecule has 0 amide bonds. The summed E-state index contributed by atoms with van der Waals surface area (Å²) >= 11 is 0. The molecule has 5 aromatic rings. The molecule has 56 heavy (non-hydrogen) atoms. The van der Waals surface area contributed by atoms with Crippen LogP contribution in [0.2, 0.25) is 18.1 Å². The van der Waals surface area contributed by atoms with Gasteiger partial charge in [0, 0.05) is 30.3 Å². The monoisotopic (exact) mass is 789 g/mol. The number of anilines is 1. The van der Waals surface area contributed by atoms with E-state index in [2.05, 4.69) is 112 Å². The molecule has 1 heterocycles. The zero-order chi connectivity index (χ0) is 39.6. The summed E-state index contributed by atoms with van der Waals surface area (Å²) in [5.41, 5.74) is 8.30. The van der Waals surface area contributed by atoms with Crippen molar-refractivity contribution in [2.45, 2.75) is 71.6 Å². The minimum Gasteiger partial charge on any atom is -0.492 e. The van der Waals surface area contributed by atoms with Gasteiger partial charge in [0.1, 0.15) is 31.2 Å². The largest absolute Gasteiger partial charge is 0.492 e. The van der Waals surface area contributed by atoms with Gasteiger partial charge >= 0.3 is 0 Å². The van der Waals surface area contributed by atoms with Crippen LogP contribution in [-0.2, 0) is 34.1 Å². The molecule has 0 fully saturated rings. The van der Waals surface area contributed by atoms with Gasteiger partial charge in [0.15, 0.2) is 14.0 Å². The maximum absolute atomic E-state index is 13.1. The molecule has 8 nitrogen and oxygen atoms in total. The Morgan fingerprint density at radius 2 is 1.34 bits per heavy atom. The Morgan fingerprint density at radius 1 is 0.750 bits per heavy atom. The van der Waals surface area contributed by atoms with Crippen molar-refractivity contribution in [1.82, 2.24) is 9.91 Å². The summed E-state index contributed by atoms with van der Waals surface area (Å²) < 4.78 is 41.6. The molecule has 1 aliphatic heterocycles. The first-order valence-corrected chi connectivity index (χ1v) is 24.2. The molecule has 1 N–H and O–H groups in total. The van der Waals surface area contributed by atoms with Gasteiger partial charge in [0.2, 0.25) is 10.0 Å². The van der Waals surface area contributed by atoms with Crippen LogP contribution >= 0.6 is 0 Å². The Hall–Kier alpha value is -4.58. The van der Waals surface area contributed by atoms with Crippen molar-refractivity contribution in [3.8, 4) is 5.75 Å². The van der Waals surface area contributed by atoms with Crippen LogP contribution in [0, 0.1) is 0 Å². The van der Waals surface area contributed by atoms with E-state index < -0.39 is 18.3 Å². The van der Waals surface area contributed by atoms with Crippen LogP contribution in [0.4, 0.5) is 11.4 Å². The molecule has 0 spiro atoms. The quantitative estimate of drug-likeness (QED) is 0.0483. The lowest BCUT2D eigenvalue weighted by Crippen LogP contribution is -2.41. The Kier molecular flexibility index (Phi) is 13.6. The molecular formula is C46H57N4O4SSi+. The highest BCUT2D eigenvalue weighted by Crippen LogP contribution is 2.41. The third-order valence-electron chi connectivity index (χ3n) is 11.0. The summed E-state index contributed by atoms with van der Waals surface area (Å²) in [6, 6.07) is 48.1. The van der Waals surface area contributed by atoms with Gasteiger partial charge in [-0.2, -0.15) is 4.59 Å². The van der Waals surface area contributed by atoms with Crippen molar-refractivity contribution in [2.24, 2.45) is 5.10 Å². The van der Waals surface area contributed by atoms with Gasteiger partial charge in [0.05, 0.1) is 30.2 Å². The van der Waals surface area contributed by atoms with E-state index in [4.69, 9.17) is 14.3 Å². The molecule has 294 valence electrons. The van der Waals surface area contributed by atoms with Crippen LogP contribution in [0.3, 0.4) is 0 Å². The van der Waals surface area contributed by atoms with Crippen LogP contribution in [0.15, 0.2) is 139 Å². The van der Waals surface area contributed by atoms with Crippen molar-refractivity contribution in [1.29, 1.82) is 0 Å². The molecule has 0 saturated heterocycles. The normalized spacial score (nSPS) is 14.2. The molecule has 0 radical (unpaired) electrons. The van der Waals surface area contributed by atoms with E-state index >= 15 is 0 Å².